The summed E-state index contributed by atoms with van der Waals surface area (Å²) in [6, 6.07) is 0.163. The van der Waals surface area contributed by atoms with Crippen LogP contribution < -0.4 is 5.32 Å². The van der Waals surface area contributed by atoms with Gasteiger partial charge in [-0.3, -0.25) is 0 Å². The number of halogens is 1. The van der Waals surface area contributed by atoms with Gasteiger partial charge in [0.05, 0.1) is 11.4 Å². The van der Waals surface area contributed by atoms with Crippen LogP contribution in [0.5, 0.6) is 0 Å². The minimum absolute atomic E-state index is 0.0930. The monoisotopic (exact) mass is 317 g/mol. The van der Waals surface area contributed by atoms with Crippen LogP contribution >= 0.6 is 11.6 Å². The molecule has 0 aromatic carbocycles. The van der Waals surface area contributed by atoms with Crippen LogP contribution in [-0.4, -0.2) is 43.4 Å². The van der Waals surface area contributed by atoms with Gasteiger partial charge in [0.2, 0.25) is 5.28 Å². The average molecular weight is 318 g/mol. The Morgan fingerprint density at radius 3 is 2.75 bits per heavy atom. The van der Waals surface area contributed by atoms with E-state index in [0.29, 0.717) is 37.6 Å². The highest BCUT2D eigenvalue weighted by atomic mass is 35.5. The van der Waals surface area contributed by atoms with Crippen LogP contribution in [0.25, 0.3) is 0 Å². The summed E-state index contributed by atoms with van der Waals surface area (Å²) in [6.07, 6.45) is 2.87. The van der Waals surface area contributed by atoms with Gasteiger partial charge in [0, 0.05) is 19.3 Å². The minimum Gasteiger partial charge on any atom is -0.381 e. The van der Waals surface area contributed by atoms with E-state index in [1.165, 1.54) is 0 Å². The summed E-state index contributed by atoms with van der Waals surface area (Å²) in [5.74, 6) is 0.500. The van der Waals surface area contributed by atoms with Crippen molar-refractivity contribution in [1.82, 2.24) is 9.97 Å². The van der Waals surface area contributed by atoms with E-state index in [1.807, 2.05) is 0 Å². The van der Waals surface area contributed by atoms with Crippen molar-refractivity contribution >= 4 is 27.3 Å². The van der Waals surface area contributed by atoms with Crippen molar-refractivity contribution in [3.8, 4) is 0 Å². The number of hydrogen-bond acceptors (Lipinski definition) is 6. The zero-order valence-electron chi connectivity index (χ0n) is 10.9. The molecule has 0 spiro atoms. The first-order valence-electron chi connectivity index (χ1n) is 6.70. The predicted molar refractivity (Wildman–Crippen MR) is 74.9 cm³/mol. The quantitative estimate of drug-likeness (QED) is 0.831. The minimum atomic E-state index is -3.32. The summed E-state index contributed by atoms with van der Waals surface area (Å²) in [5, 5.41) is 3.30. The molecule has 0 atom stereocenters. The van der Waals surface area contributed by atoms with Gasteiger partial charge in [0.1, 0.15) is 10.7 Å². The number of sulfone groups is 1. The summed E-state index contributed by atoms with van der Waals surface area (Å²) in [4.78, 5) is 8.41. The van der Waals surface area contributed by atoms with Gasteiger partial charge in [-0.15, -0.1) is 0 Å². The number of anilines is 1. The Labute approximate surface area is 122 Å². The van der Waals surface area contributed by atoms with Crippen molar-refractivity contribution < 1.29 is 13.2 Å². The maximum atomic E-state index is 12.3. The van der Waals surface area contributed by atoms with Crippen molar-refractivity contribution in [2.24, 2.45) is 0 Å². The molecule has 3 heterocycles. The molecule has 0 aliphatic carbocycles. The normalized spacial score (nSPS) is 22.2. The maximum absolute atomic E-state index is 12.3. The van der Waals surface area contributed by atoms with E-state index in [1.54, 1.807) is 0 Å². The van der Waals surface area contributed by atoms with Crippen molar-refractivity contribution in [3.05, 3.63) is 11.0 Å². The Hall–Kier alpha value is -0.920. The zero-order chi connectivity index (χ0) is 14.2. The van der Waals surface area contributed by atoms with Crippen LogP contribution in [0.15, 0.2) is 4.90 Å². The molecule has 1 aromatic heterocycles. The number of hydrogen-bond donors (Lipinski definition) is 1. The highest BCUT2D eigenvalue weighted by Gasteiger charge is 2.30. The zero-order valence-corrected chi connectivity index (χ0v) is 12.5. The molecule has 0 radical (unpaired) electrons. The van der Waals surface area contributed by atoms with Gasteiger partial charge in [0.15, 0.2) is 9.84 Å². The molecule has 0 unspecified atom stereocenters. The Balaban J connectivity index is 1.99. The van der Waals surface area contributed by atoms with Gasteiger partial charge < -0.3 is 10.1 Å². The van der Waals surface area contributed by atoms with Crippen LogP contribution in [-0.2, 0) is 21.0 Å². The molecule has 1 N–H and O–H groups in total. The molecule has 6 nitrogen and oxygen atoms in total. The number of aromatic nitrogens is 2. The Kier molecular flexibility index (Phi) is 3.83. The van der Waals surface area contributed by atoms with Crippen molar-refractivity contribution in [1.29, 1.82) is 0 Å². The van der Waals surface area contributed by atoms with Crippen LogP contribution in [0.3, 0.4) is 0 Å². The Morgan fingerprint density at radius 1 is 1.25 bits per heavy atom. The van der Waals surface area contributed by atoms with Gasteiger partial charge in [-0.25, -0.2) is 13.4 Å². The molecular weight excluding hydrogens is 302 g/mol. The van der Waals surface area contributed by atoms with Crippen LogP contribution in [0.4, 0.5) is 5.82 Å². The molecule has 0 saturated carbocycles. The second-order valence-corrected chi connectivity index (χ2v) is 7.45. The smallest absolute Gasteiger partial charge is 0.224 e. The number of fused-ring (bicyclic) bond motifs is 1. The molecule has 3 rings (SSSR count). The second-order valence-electron chi connectivity index (χ2n) is 5.07. The Morgan fingerprint density at radius 2 is 2.00 bits per heavy atom. The molecule has 110 valence electrons. The lowest BCUT2D eigenvalue weighted by Gasteiger charge is -2.26. The molecule has 1 aromatic rings. The molecule has 8 heteroatoms. The molecule has 20 heavy (non-hydrogen) atoms. The molecule has 2 aliphatic rings. The van der Waals surface area contributed by atoms with E-state index >= 15 is 0 Å². The first-order valence-corrected chi connectivity index (χ1v) is 8.73. The van der Waals surface area contributed by atoms with E-state index < -0.39 is 9.84 Å². The molecule has 1 fully saturated rings. The van der Waals surface area contributed by atoms with Gasteiger partial charge in [-0.2, -0.15) is 4.98 Å². The predicted octanol–water partition coefficient (Wildman–Crippen LogP) is 1.44. The summed E-state index contributed by atoms with van der Waals surface area (Å²) in [7, 11) is -3.32. The third-order valence-electron chi connectivity index (χ3n) is 3.61. The molecule has 0 amide bonds. The lowest BCUT2D eigenvalue weighted by atomic mass is 10.1. The third-order valence-corrected chi connectivity index (χ3v) is 5.65. The molecule has 2 aliphatic heterocycles. The van der Waals surface area contributed by atoms with E-state index in [4.69, 9.17) is 16.3 Å². The van der Waals surface area contributed by atoms with Crippen molar-refractivity contribution in [2.75, 3.05) is 24.3 Å². The summed E-state index contributed by atoms with van der Waals surface area (Å²) in [6.45, 7) is 1.34. The second kappa shape index (κ2) is 5.46. The fourth-order valence-electron chi connectivity index (χ4n) is 2.63. The van der Waals surface area contributed by atoms with Crippen molar-refractivity contribution in [2.45, 2.75) is 36.6 Å². The highest BCUT2D eigenvalue weighted by molar-refractivity contribution is 7.91. The third kappa shape index (κ3) is 2.75. The van der Waals surface area contributed by atoms with Gasteiger partial charge >= 0.3 is 0 Å². The van der Waals surface area contributed by atoms with E-state index in [0.717, 1.165) is 12.8 Å². The Bertz CT molecular complexity index is 615. The van der Waals surface area contributed by atoms with Crippen molar-refractivity contribution in [3.63, 3.8) is 0 Å². The lowest BCUT2D eigenvalue weighted by molar-refractivity contribution is 0.0903. The van der Waals surface area contributed by atoms with Gasteiger partial charge in [0.25, 0.3) is 0 Å². The number of nitrogens with zero attached hydrogens (tertiary/aromatic N) is 2. The van der Waals surface area contributed by atoms with Crippen LogP contribution in [0, 0.1) is 0 Å². The topological polar surface area (TPSA) is 81.2 Å². The molecule has 0 bridgehead atoms. The fraction of sp³-hybridized carbons (Fsp3) is 0.667. The number of rotatable bonds is 2. The summed E-state index contributed by atoms with van der Waals surface area (Å²) < 4.78 is 29.8. The molecule has 1 saturated heterocycles. The van der Waals surface area contributed by atoms with Gasteiger partial charge in [-0.1, -0.05) is 0 Å². The van der Waals surface area contributed by atoms with Gasteiger partial charge in [-0.05, 0) is 37.3 Å². The number of nitrogens with one attached hydrogen (secondary N) is 1. The standard InChI is InChI=1S/C12H16ClN3O3S/c13-12-15-9-2-1-7-20(17,18)10(9)11(16-12)14-8-3-5-19-6-4-8/h8H,1-7H2,(H,14,15,16). The average Bonchev–Trinajstić information content (AvgIpc) is 2.38. The maximum Gasteiger partial charge on any atom is 0.224 e. The highest BCUT2D eigenvalue weighted by Crippen LogP contribution is 2.31. The summed E-state index contributed by atoms with van der Waals surface area (Å²) >= 11 is 5.91. The van der Waals surface area contributed by atoms with E-state index in [-0.39, 0.29) is 22.0 Å². The van der Waals surface area contributed by atoms with E-state index in [9.17, 15) is 8.42 Å². The van der Waals surface area contributed by atoms with Crippen LogP contribution in [0.2, 0.25) is 5.28 Å². The fourth-order valence-corrected chi connectivity index (χ4v) is 4.45. The number of ether oxygens (including phenoxy) is 1. The lowest BCUT2D eigenvalue weighted by Crippen LogP contribution is -2.30. The first kappa shape index (κ1) is 14.0. The summed E-state index contributed by atoms with van der Waals surface area (Å²) in [5.41, 5.74) is 0.533. The molecular formula is C12H16ClN3O3S. The largest absolute Gasteiger partial charge is 0.381 e. The number of aryl methyl sites for hydroxylation is 1. The van der Waals surface area contributed by atoms with E-state index in [2.05, 4.69) is 15.3 Å². The SMILES string of the molecule is O=S1(=O)CCCc2nc(Cl)nc(NC3CCOCC3)c21. The first-order chi connectivity index (χ1) is 9.56. The van der Waals surface area contributed by atoms with Crippen LogP contribution in [0.1, 0.15) is 25.0 Å².